The van der Waals surface area contributed by atoms with Gasteiger partial charge in [0.25, 0.3) is 5.69 Å². The van der Waals surface area contributed by atoms with E-state index in [9.17, 15) is 14.5 Å². The minimum Gasteiger partial charge on any atom is -0.496 e. The molecule has 0 spiro atoms. The molecule has 0 saturated heterocycles. The Morgan fingerprint density at radius 2 is 2.00 bits per heavy atom. The second-order valence-electron chi connectivity index (χ2n) is 5.99. The standard InChI is InChI=1S/C19H14FN5O3S/c1-28-17-7-6-15(25(26)27)8-12(17)10-29-19-16-9-23-24(18(16)21-11-22-19)14-4-2-13(20)3-5-14/h2-9,11H,10H2,1H3. The molecular formula is C19H14FN5O3S. The summed E-state index contributed by atoms with van der Waals surface area (Å²) in [7, 11) is 1.52. The highest BCUT2D eigenvalue weighted by molar-refractivity contribution is 7.98. The van der Waals surface area contributed by atoms with Crippen LogP contribution in [0, 0.1) is 15.9 Å². The highest BCUT2D eigenvalue weighted by Gasteiger charge is 2.15. The van der Waals surface area contributed by atoms with Gasteiger partial charge in [-0.15, -0.1) is 11.8 Å². The molecule has 0 amide bonds. The number of ether oxygens (including phenoxy) is 1. The molecule has 0 atom stereocenters. The molecule has 0 fully saturated rings. The zero-order chi connectivity index (χ0) is 20.4. The number of nitro benzene ring substituents is 1. The topological polar surface area (TPSA) is 96.0 Å². The number of methoxy groups -OCH3 is 1. The summed E-state index contributed by atoms with van der Waals surface area (Å²) >= 11 is 1.40. The first kappa shape index (κ1) is 18.8. The molecule has 0 aliphatic carbocycles. The molecule has 10 heteroatoms. The summed E-state index contributed by atoms with van der Waals surface area (Å²) < 4.78 is 20.1. The largest absolute Gasteiger partial charge is 0.496 e. The first-order valence-electron chi connectivity index (χ1n) is 8.45. The third kappa shape index (κ3) is 3.74. The highest BCUT2D eigenvalue weighted by Crippen LogP contribution is 2.33. The molecule has 0 aliphatic heterocycles. The van der Waals surface area contributed by atoms with Gasteiger partial charge >= 0.3 is 0 Å². The van der Waals surface area contributed by atoms with Gasteiger partial charge in [0.2, 0.25) is 0 Å². The van der Waals surface area contributed by atoms with Crippen molar-refractivity contribution >= 4 is 28.5 Å². The number of nitro groups is 1. The summed E-state index contributed by atoms with van der Waals surface area (Å²) in [6.45, 7) is 0. The number of fused-ring (bicyclic) bond motifs is 1. The molecule has 2 heterocycles. The summed E-state index contributed by atoms with van der Waals surface area (Å²) in [4.78, 5) is 19.2. The summed E-state index contributed by atoms with van der Waals surface area (Å²) in [5.41, 5.74) is 1.94. The Balaban J connectivity index is 1.65. The van der Waals surface area contributed by atoms with E-state index in [0.29, 0.717) is 33.4 Å². The van der Waals surface area contributed by atoms with Gasteiger partial charge in [0.1, 0.15) is 22.9 Å². The first-order valence-corrected chi connectivity index (χ1v) is 9.44. The van der Waals surface area contributed by atoms with Gasteiger partial charge in [-0.3, -0.25) is 10.1 Å². The van der Waals surface area contributed by atoms with E-state index in [-0.39, 0.29) is 11.5 Å². The fourth-order valence-corrected chi connectivity index (χ4v) is 3.79. The Hall–Kier alpha value is -3.53. The maximum atomic E-state index is 13.2. The normalized spacial score (nSPS) is 11.0. The van der Waals surface area contributed by atoms with Crippen LogP contribution in [0.25, 0.3) is 16.7 Å². The zero-order valence-electron chi connectivity index (χ0n) is 15.2. The number of nitrogens with zero attached hydrogens (tertiary/aromatic N) is 5. The van der Waals surface area contributed by atoms with Crippen molar-refractivity contribution in [2.24, 2.45) is 0 Å². The third-order valence-electron chi connectivity index (χ3n) is 4.24. The van der Waals surface area contributed by atoms with Crippen LogP contribution in [0.15, 0.2) is 60.0 Å². The fraction of sp³-hybridized carbons (Fsp3) is 0.105. The van der Waals surface area contributed by atoms with E-state index in [2.05, 4.69) is 15.1 Å². The van der Waals surface area contributed by atoms with Crippen LogP contribution in [0.5, 0.6) is 5.75 Å². The molecule has 0 radical (unpaired) electrons. The molecule has 8 nitrogen and oxygen atoms in total. The van der Waals surface area contributed by atoms with Gasteiger partial charge in [0.05, 0.1) is 29.3 Å². The number of rotatable bonds is 6. The van der Waals surface area contributed by atoms with E-state index in [1.807, 2.05) is 0 Å². The highest BCUT2D eigenvalue weighted by atomic mass is 32.2. The minimum absolute atomic E-state index is 0.00151. The second kappa shape index (κ2) is 7.84. The third-order valence-corrected chi connectivity index (χ3v) is 5.29. The first-order chi connectivity index (χ1) is 14.1. The maximum Gasteiger partial charge on any atom is 0.270 e. The summed E-state index contributed by atoms with van der Waals surface area (Å²) in [5, 5.41) is 16.8. The quantitative estimate of drug-likeness (QED) is 0.203. The Labute approximate surface area is 168 Å². The average Bonchev–Trinajstić information content (AvgIpc) is 3.17. The minimum atomic E-state index is -0.441. The molecule has 2 aromatic heterocycles. The Kier molecular flexibility index (Phi) is 5.09. The smallest absolute Gasteiger partial charge is 0.270 e. The summed E-state index contributed by atoms with van der Waals surface area (Å²) in [6, 6.07) is 10.4. The molecule has 2 aromatic carbocycles. The van der Waals surface area contributed by atoms with Gasteiger partial charge in [-0.2, -0.15) is 5.10 Å². The molecule has 4 aromatic rings. The summed E-state index contributed by atoms with van der Waals surface area (Å²) in [5.74, 6) is 0.649. The van der Waals surface area contributed by atoms with Crippen LogP contribution in [0.1, 0.15) is 5.56 Å². The predicted octanol–water partition coefficient (Wildman–Crippen LogP) is 4.16. The lowest BCUT2D eigenvalue weighted by molar-refractivity contribution is -0.384. The molecule has 0 bridgehead atoms. The van der Waals surface area contributed by atoms with Crippen LogP contribution < -0.4 is 4.74 Å². The molecule has 29 heavy (non-hydrogen) atoms. The second-order valence-corrected chi connectivity index (χ2v) is 6.95. The van der Waals surface area contributed by atoms with E-state index in [4.69, 9.17) is 4.74 Å². The van der Waals surface area contributed by atoms with Crippen LogP contribution in [0.4, 0.5) is 10.1 Å². The lowest BCUT2D eigenvalue weighted by Gasteiger charge is -2.08. The van der Waals surface area contributed by atoms with Gasteiger partial charge in [-0.1, -0.05) is 0 Å². The number of hydrogen-bond donors (Lipinski definition) is 0. The SMILES string of the molecule is COc1ccc([N+](=O)[O-])cc1CSc1ncnc2c1cnn2-c1ccc(F)cc1. The molecule has 0 N–H and O–H groups in total. The Bertz CT molecular complexity index is 1200. The lowest BCUT2D eigenvalue weighted by atomic mass is 10.2. The van der Waals surface area contributed by atoms with Gasteiger partial charge in [-0.25, -0.2) is 19.0 Å². The van der Waals surface area contributed by atoms with E-state index < -0.39 is 4.92 Å². The van der Waals surface area contributed by atoms with Crippen LogP contribution in [-0.4, -0.2) is 31.8 Å². The molecule has 4 rings (SSSR count). The predicted molar refractivity (Wildman–Crippen MR) is 106 cm³/mol. The number of hydrogen-bond acceptors (Lipinski definition) is 7. The van der Waals surface area contributed by atoms with Crippen LogP contribution in [-0.2, 0) is 5.75 Å². The Morgan fingerprint density at radius 1 is 1.21 bits per heavy atom. The number of aromatic nitrogens is 4. The van der Waals surface area contributed by atoms with Crippen molar-refractivity contribution in [2.45, 2.75) is 10.8 Å². The molecule has 0 saturated carbocycles. The van der Waals surface area contributed by atoms with Crippen molar-refractivity contribution in [3.05, 3.63) is 76.5 Å². The van der Waals surface area contributed by atoms with Crippen molar-refractivity contribution in [3.8, 4) is 11.4 Å². The van der Waals surface area contributed by atoms with Crippen molar-refractivity contribution in [1.29, 1.82) is 0 Å². The molecule has 0 aliphatic rings. The van der Waals surface area contributed by atoms with Crippen molar-refractivity contribution < 1.29 is 14.1 Å². The molecular weight excluding hydrogens is 397 g/mol. The van der Waals surface area contributed by atoms with Crippen molar-refractivity contribution in [1.82, 2.24) is 19.7 Å². The van der Waals surface area contributed by atoms with E-state index >= 15 is 0 Å². The van der Waals surface area contributed by atoms with Gasteiger partial charge in [0.15, 0.2) is 5.65 Å². The van der Waals surface area contributed by atoms with E-state index in [1.165, 1.54) is 49.5 Å². The number of non-ortho nitro benzene ring substituents is 1. The van der Waals surface area contributed by atoms with Crippen LogP contribution >= 0.6 is 11.8 Å². The summed E-state index contributed by atoms with van der Waals surface area (Å²) in [6.07, 6.45) is 3.07. The molecule has 0 unspecified atom stereocenters. The van der Waals surface area contributed by atoms with Crippen LogP contribution in [0.2, 0.25) is 0 Å². The van der Waals surface area contributed by atoms with Gasteiger partial charge in [0, 0.05) is 23.4 Å². The average molecular weight is 411 g/mol. The monoisotopic (exact) mass is 411 g/mol. The van der Waals surface area contributed by atoms with Crippen molar-refractivity contribution in [3.63, 3.8) is 0 Å². The van der Waals surface area contributed by atoms with E-state index in [1.54, 1.807) is 29.1 Å². The zero-order valence-corrected chi connectivity index (χ0v) is 16.0. The number of benzene rings is 2. The Morgan fingerprint density at radius 3 is 2.72 bits per heavy atom. The van der Waals surface area contributed by atoms with E-state index in [0.717, 1.165) is 5.39 Å². The lowest BCUT2D eigenvalue weighted by Crippen LogP contribution is -1.98. The van der Waals surface area contributed by atoms with Gasteiger partial charge in [-0.05, 0) is 30.3 Å². The number of thioether (sulfide) groups is 1. The molecule has 146 valence electrons. The maximum absolute atomic E-state index is 13.2. The van der Waals surface area contributed by atoms with Crippen LogP contribution in [0.3, 0.4) is 0 Å². The number of halogens is 1. The van der Waals surface area contributed by atoms with Gasteiger partial charge < -0.3 is 4.74 Å². The van der Waals surface area contributed by atoms with Crippen molar-refractivity contribution in [2.75, 3.05) is 7.11 Å². The fourth-order valence-electron chi connectivity index (χ4n) is 2.85.